The molecular formula is C22H26ClIN6O2. The first kappa shape index (κ1) is 24.1. The van der Waals surface area contributed by atoms with Crippen molar-refractivity contribution in [3.63, 3.8) is 0 Å². The van der Waals surface area contributed by atoms with Crippen LogP contribution >= 0.6 is 35.6 Å². The van der Waals surface area contributed by atoms with Gasteiger partial charge in [-0.25, -0.2) is 0 Å². The lowest BCUT2D eigenvalue weighted by Crippen LogP contribution is -2.52. The molecule has 1 fully saturated rings. The molecule has 1 aliphatic heterocycles. The number of halogens is 2. The van der Waals surface area contributed by atoms with Crippen molar-refractivity contribution >= 4 is 47.2 Å². The SMILES string of the molecule is CN=C(NCCc1nc(-c2cccc(Cl)c2)no1)N1CCN(c2ccccc2O)CC1.I. The van der Waals surface area contributed by atoms with Gasteiger partial charge in [0.15, 0.2) is 5.96 Å². The Morgan fingerprint density at radius 3 is 2.66 bits per heavy atom. The summed E-state index contributed by atoms with van der Waals surface area (Å²) in [7, 11) is 1.78. The Morgan fingerprint density at radius 2 is 1.94 bits per heavy atom. The number of aromatic hydroxyl groups is 1. The van der Waals surface area contributed by atoms with Gasteiger partial charge < -0.3 is 24.7 Å². The number of phenols is 1. The molecule has 0 atom stereocenters. The highest BCUT2D eigenvalue weighted by Gasteiger charge is 2.21. The van der Waals surface area contributed by atoms with Crippen molar-refractivity contribution in [2.75, 3.05) is 44.7 Å². The predicted molar refractivity (Wildman–Crippen MR) is 137 cm³/mol. The van der Waals surface area contributed by atoms with E-state index in [1.807, 2.05) is 42.5 Å². The molecule has 170 valence electrons. The standard InChI is InChI=1S/C22H25ClN6O2.HI/c1-24-22(29-13-11-28(12-14-29)18-7-2-3-8-19(18)30)25-10-9-20-26-21(27-31-20)16-5-4-6-17(23)15-16;/h2-8,15,30H,9-14H2,1H3,(H,24,25);1H. The van der Waals surface area contributed by atoms with Crippen LogP contribution in [0, 0.1) is 0 Å². The second-order valence-electron chi connectivity index (χ2n) is 7.21. The normalized spacial score (nSPS) is 14.2. The third-order valence-corrected chi connectivity index (χ3v) is 5.42. The van der Waals surface area contributed by atoms with E-state index in [-0.39, 0.29) is 24.0 Å². The lowest BCUT2D eigenvalue weighted by atomic mass is 10.2. The van der Waals surface area contributed by atoms with Gasteiger partial charge in [0.05, 0.1) is 5.69 Å². The molecule has 10 heteroatoms. The minimum atomic E-state index is 0. The zero-order valence-electron chi connectivity index (χ0n) is 17.7. The fraction of sp³-hybridized carbons (Fsp3) is 0.318. The minimum absolute atomic E-state index is 0. The van der Waals surface area contributed by atoms with Crippen molar-refractivity contribution in [1.82, 2.24) is 20.4 Å². The summed E-state index contributed by atoms with van der Waals surface area (Å²) < 4.78 is 5.37. The summed E-state index contributed by atoms with van der Waals surface area (Å²) >= 11 is 6.03. The van der Waals surface area contributed by atoms with Gasteiger partial charge in [-0.3, -0.25) is 4.99 Å². The first-order chi connectivity index (χ1) is 15.1. The summed E-state index contributed by atoms with van der Waals surface area (Å²) in [5.41, 5.74) is 1.70. The largest absolute Gasteiger partial charge is 0.506 e. The Kier molecular flexibility index (Phi) is 8.57. The summed E-state index contributed by atoms with van der Waals surface area (Å²) in [5, 5.41) is 18.1. The lowest BCUT2D eigenvalue weighted by Gasteiger charge is -2.37. The Morgan fingerprint density at radius 1 is 1.16 bits per heavy atom. The van der Waals surface area contributed by atoms with Crippen LogP contribution in [-0.2, 0) is 6.42 Å². The maximum absolute atomic E-state index is 10.1. The Labute approximate surface area is 209 Å². The first-order valence-corrected chi connectivity index (χ1v) is 10.6. The van der Waals surface area contributed by atoms with Crippen LogP contribution < -0.4 is 10.2 Å². The Balaban J connectivity index is 0.00000289. The molecule has 1 aromatic heterocycles. The average molecular weight is 569 g/mol. The van der Waals surface area contributed by atoms with Crippen molar-refractivity contribution < 1.29 is 9.63 Å². The van der Waals surface area contributed by atoms with Crippen molar-refractivity contribution in [2.24, 2.45) is 4.99 Å². The summed E-state index contributed by atoms with van der Waals surface area (Å²) in [5.74, 6) is 2.24. The summed E-state index contributed by atoms with van der Waals surface area (Å²) in [6.07, 6.45) is 0.588. The molecule has 4 rings (SSSR count). The van der Waals surface area contributed by atoms with E-state index >= 15 is 0 Å². The van der Waals surface area contributed by atoms with Gasteiger partial charge in [-0.2, -0.15) is 4.98 Å². The van der Waals surface area contributed by atoms with Crippen LogP contribution in [-0.4, -0.2) is 65.9 Å². The molecule has 0 spiro atoms. The molecular weight excluding hydrogens is 543 g/mol. The van der Waals surface area contributed by atoms with Crippen molar-refractivity contribution in [1.29, 1.82) is 0 Å². The van der Waals surface area contributed by atoms with Crippen molar-refractivity contribution in [3.8, 4) is 17.1 Å². The molecule has 0 bridgehead atoms. The zero-order valence-corrected chi connectivity index (χ0v) is 20.8. The van der Waals surface area contributed by atoms with Crippen molar-refractivity contribution in [2.45, 2.75) is 6.42 Å². The number of phenolic OH excluding ortho intramolecular Hbond substituents is 1. The van der Waals surface area contributed by atoms with E-state index < -0.39 is 0 Å². The monoisotopic (exact) mass is 568 g/mol. The van der Waals surface area contributed by atoms with Crippen LogP contribution in [0.1, 0.15) is 5.89 Å². The second-order valence-corrected chi connectivity index (χ2v) is 7.65. The number of nitrogens with zero attached hydrogens (tertiary/aromatic N) is 5. The number of rotatable bonds is 5. The second kappa shape index (κ2) is 11.4. The molecule has 2 heterocycles. The van der Waals surface area contributed by atoms with Gasteiger partial charge in [0.1, 0.15) is 5.75 Å². The Hall–Kier alpha value is -2.53. The topological polar surface area (TPSA) is 90.0 Å². The van der Waals surface area contributed by atoms with Crippen LogP contribution in [0.4, 0.5) is 5.69 Å². The highest BCUT2D eigenvalue weighted by Crippen LogP contribution is 2.27. The Bertz CT molecular complexity index is 1050. The molecule has 2 N–H and O–H groups in total. The van der Waals surface area contributed by atoms with E-state index in [2.05, 4.69) is 30.2 Å². The molecule has 32 heavy (non-hydrogen) atoms. The van der Waals surface area contributed by atoms with Gasteiger partial charge in [0.2, 0.25) is 11.7 Å². The maximum atomic E-state index is 10.1. The number of benzene rings is 2. The number of anilines is 1. The predicted octanol–water partition coefficient (Wildman–Crippen LogP) is 3.65. The van der Waals surface area contributed by atoms with Crippen LogP contribution in [0.2, 0.25) is 5.02 Å². The number of nitrogens with one attached hydrogen (secondary N) is 1. The van der Waals surface area contributed by atoms with Crippen LogP contribution in [0.5, 0.6) is 5.75 Å². The number of aliphatic imine (C=N–C) groups is 1. The summed E-state index contributed by atoms with van der Waals surface area (Å²) in [6.45, 7) is 3.88. The molecule has 1 saturated heterocycles. The molecule has 0 amide bonds. The maximum Gasteiger partial charge on any atom is 0.228 e. The number of hydrogen-bond acceptors (Lipinski definition) is 6. The smallest absolute Gasteiger partial charge is 0.228 e. The van der Waals surface area contributed by atoms with Gasteiger partial charge in [0.25, 0.3) is 0 Å². The molecule has 0 radical (unpaired) electrons. The quantitative estimate of drug-likeness (QED) is 0.276. The number of aromatic nitrogens is 2. The fourth-order valence-corrected chi connectivity index (χ4v) is 3.80. The van der Waals surface area contributed by atoms with E-state index in [1.54, 1.807) is 13.1 Å². The van der Waals surface area contributed by atoms with Gasteiger partial charge in [0, 0.05) is 56.8 Å². The third kappa shape index (κ3) is 5.83. The number of guanidine groups is 1. The molecule has 8 nitrogen and oxygen atoms in total. The van der Waals surface area contributed by atoms with Gasteiger partial charge >= 0.3 is 0 Å². The summed E-state index contributed by atoms with van der Waals surface area (Å²) in [6, 6.07) is 14.8. The molecule has 1 aliphatic rings. The van der Waals surface area contributed by atoms with Crippen LogP contribution in [0.15, 0.2) is 58.0 Å². The van der Waals surface area contributed by atoms with Gasteiger partial charge in [-0.15, -0.1) is 24.0 Å². The van der Waals surface area contributed by atoms with Crippen LogP contribution in [0.25, 0.3) is 11.4 Å². The molecule has 2 aromatic carbocycles. The minimum Gasteiger partial charge on any atom is -0.506 e. The molecule has 0 saturated carbocycles. The number of piperazine rings is 1. The van der Waals surface area contributed by atoms with E-state index in [0.717, 1.165) is 43.4 Å². The summed E-state index contributed by atoms with van der Waals surface area (Å²) in [4.78, 5) is 13.3. The number of para-hydroxylation sites is 2. The zero-order chi connectivity index (χ0) is 21.6. The average Bonchev–Trinajstić information content (AvgIpc) is 3.26. The van der Waals surface area contributed by atoms with E-state index in [9.17, 15) is 5.11 Å². The molecule has 0 unspecified atom stereocenters. The van der Waals surface area contributed by atoms with Gasteiger partial charge in [-0.05, 0) is 24.3 Å². The molecule has 0 aliphatic carbocycles. The van der Waals surface area contributed by atoms with E-state index in [0.29, 0.717) is 35.5 Å². The van der Waals surface area contributed by atoms with Crippen LogP contribution in [0.3, 0.4) is 0 Å². The van der Waals surface area contributed by atoms with E-state index in [1.165, 1.54) is 0 Å². The molecule has 3 aromatic rings. The lowest BCUT2D eigenvalue weighted by molar-refractivity contribution is 0.363. The van der Waals surface area contributed by atoms with Crippen molar-refractivity contribution in [3.05, 3.63) is 59.4 Å². The highest BCUT2D eigenvalue weighted by atomic mass is 127. The van der Waals surface area contributed by atoms with E-state index in [4.69, 9.17) is 16.1 Å². The highest BCUT2D eigenvalue weighted by molar-refractivity contribution is 14.0. The number of hydrogen-bond donors (Lipinski definition) is 2. The fourth-order valence-electron chi connectivity index (χ4n) is 3.61. The van der Waals surface area contributed by atoms with Gasteiger partial charge in [-0.1, -0.05) is 41.0 Å². The first-order valence-electron chi connectivity index (χ1n) is 10.2. The third-order valence-electron chi connectivity index (χ3n) is 5.19.